The van der Waals surface area contributed by atoms with Gasteiger partial charge in [-0.1, -0.05) is 44.2 Å². The van der Waals surface area contributed by atoms with Crippen molar-refractivity contribution in [3.05, 3.63) is 60.2 Å². The van der Waals surface area contributed by atoms with Gasteiger partial charge in [0.15, 0.2) is 6.29 Å². The van der Waals surface area contributed by atoms with Crippen molar-refractivity contribution in [1.29, 1.82) is 0 Å². The third-order valence-electron chi connectivity index (χ3n) is 9.55. The van der Waals surface area contributed by atoms with E-state index in [0.29, 0.717) is 31.7 Å². The highest BCUT2D eigenvalue weighted by Gasteiger charge is 2.56. The van der Waals surface area contributed by atoms with Gasteiger partial charge in [0.1, 0.15) is 6.10 Å². The maximum Gasteiger partial charge on any atom is 0.407 e. The molecule has 1 saturated carbocycles. The molecule has 3 fully saturated rings. The number of sulfonamides is 1. The van der Waals surface area contributed by atoms with Crippen molar-refractivity contribution in [1.82, 2.24) is 14.9 Å². The zero-order chi connectivity index (χ0) is 34.5. The average molecular weight is 689 g/mol. The normalized spacial score (nSPS) is 24.6. The number of aliphatic hydroxyl groups is 1. The minimum Gasteiger partial charge on any atom is -0.450 e. The van der Waals surface area contributed by atoms with Gasteiger partial charge in [0.05, 0.1) is 36.9 Å². The Labute approximate surface area is 282 Å². The third kappa shape index (κ3) is 8.77. The van der Waals surface area contributed by atoms with Crippen LogP contribution < -0.4 is 16.4 Å². The lowest BCUT2D eigenvalue weighted by Crippen LogP contribution is -2.52. The Kier molecular flexibility index (Phi) is 11.5. The predicted octanol–water partition coefficient (Wildman–Crippen LogP) is 3.13. The zero-order valence-corrected chi connectivity index (χ0v) is 28.6. The number of alkyl carbamates (subject to hydrolysis) is 2. The summed E-state index contributed by atoms with van der Waals surface area (Å²) in [4.78, 5) is 25.0. The van der Waals surface area contributed by atoms with E-state index in [1.807, 2.05) is 44.2 Å². The van der Waals surface area contributed by atoms with Crippen molar-refractivity contribution in [2.24, 2.45) is 23.2 Å². The molecule has 2 saturated heterocycles. The Bertz CT molecular complexity index is 1490. The van der Waals surface area contributed by atoms with Crippen LogP contribution in [0.1, 0.15) is 38.7 Å². The number of amides is 2. The molecule has 14 heteroatoms. The number of nitrogen functional groups attached to an aromatic ring is 1. The Morgan fingerprint density at radius 3 is 2.48 bits per heavy atom. The van der Waals surface area contributed by atoms with Gasteiger partial charge in [0.2, 0.25) is 10.0 Å². The maximum atomic E-state index is 14.1. The molecule has 264 valence electrons. The molecule has 1 aliphatic carbocycles. The number of rotatable bonds is 15. The Hall–Kier alpha value is -3.43. The number of anilines is 1. The van der Waals surface area contributed by atoms with E-state index in [4.69, 9.17) is 24.7 Å². The van der Waals surface area contributed by atoms with Gasteiger partial charge in [-0.3, -0.25) is 0 Å². The monoisotopic (exact) mass is 688 g/mol. The van der Waals surface area contributed by atoms with Crippen LogP contribution >= 0.6 is 0 Å². The number of ether oxygens (including phenoxy) is 4. The SMILES string of the molecule is CNC(=O)OCCCC(C)(C)CN(CC(O)C(Cc1ccccc1)NC(=O)OC1C2COC3OCC1C3C2)S(=O)(=O)c1ccc(N)cc1. The molecule has 2 aliphatic heterocycles. The molecular formula is C34H48N4O9S. The molecule has 7 atom stereocenters. The summed E-state index contributed by atoms with van der Waals surface area (Å²) in [6, 6.07) is 14.4. The lowest BCUT2D eigenvalue weighted by atomic mass is 9.87. The van der Waals surface area contributed by atoms with E-state index in [1.54, 1.807) is 0 Å². The summed E-state index contributed by atoms with van der Waals surface area (Å²) in [5.41, 5.74) is 6.53. The van der Waals surface area contributed by atoms with Gasteiger partial charge in [-0.15, -0.1) is 0 Å². The molecule has 13 nitrogen and oxygen atoms in total. The minimum atomic E-state index is -4.11. The molecule has 2 bridgehead atoms. The van der Waals surface area contributed by atoms with Crippen LogP contribution in [0.5, 0.6) is 0 Å². The highest BCUT2D eigenvalue weighted by Crippen LogP contribution is 2.49. The van der Waals surface area contributed by atoms with Crippen LogP contribution in [-0.4, -0.2) is 94.5 Å². The second-order valence-electron chi connectivity index (χ2n) is 13.8. The first-order valence-electron chi connectivity index (χ1n) is 16.5. The summed E-state index contributed by atoms with van der Waals surface area (Å²) in [6.45, 7) is 4.67. The van der Waals surface area contributed by atoms with Gasteiger partial charge in [-0.25, -0.2) is 18.0 Å². The van der Waals surface area contributed by atoms with E-state index in [2.05, 4.69) is 10.6 Å². The molecule has 0 aromatic heterocycles. The lowest BCUT2D eigenvalue weighted by molar-refractivity contribution is -0.169. The molecule has 48 heavy (non-hydrogen) atoms. The van der Waals surface area contributed by atoms with Crippen LogP contribution in [0.3, 0.4) is 0 Å². The molecular weight excluding hydrogens is 640 g/mol. The Morgan fingerprint density at radius 1 is 1.06 bits per heavy atom. The summed E-state index contributed by atoms with van der Waals surface area (Å²) < 4.78 is 52.1. The summed E-state index contributed by atoms with van der Waals surface area (Å²) in [5.74, 6) is 0.321. The number of aliphatic hydroxyl groups excluding tert-OH is 1. The molecule has 3 aliphatic rings. The van der Waals surface area contributed by atoms with E-state index < -0.39 is 39.8 Å². The molecule has 0 radical (unpaired) electrons. The molecule has 2 heterocycles. The van der Waals surface area contributed by atoms with Gasteiger partial charge < -0.3 is 40.4 Å². The summed E-state index contributed by atoms with van der Waals surface area (Å²) in [7, 11) is -2.64. The molecule has 2 amide bonds. The van der Waals surface area contributed by atoms with Crippen LogP contribution in [0, 0.1) is 23.2 Å². The first-order chi connectivity index (χ1) is 22.9. The molecule has 5 N–H and O–H groups in total. The molecule has 0 spiro atoms. The number of carbonyl (C=O) groups is 2. The fourth-order valence-corrected chi connectivity index (χ4v) is 8.67. The lowest BCUT2D eigenvalue weighted by Gasteiger charge is -2.35. The number of nitrogens with two attached hydrogens (primary N) is 1. The number of hydrogen-bond acceptors (Lipinski definition) is 10. The highest BCUT2D eigenvalue weighted by atomic mass is 32.2. The summed E-state index contributed by atoms with van der Waals surface area (Å²) in [6.07, 6.45) is -1.00. The number of fused-ring (bicyclic) bond motifs is 1. The van der Waals surface area contributed by atoms with E-state index >= 15 is 0 Å². The van der Waals surface area contributed by atoms with E-state index in [-0.39, 0.29) is 61.2 Å². The number of nitrogens with one attached hydrogen (secondary N) is 2. The van der Waals surface area contributed by atoms with Crippen LogP contribution in [0.25, 0.3) is 0 Å². The highest BCUT2D eigenvalue weighted by molar-refractivity contribution is 7.89. The summed E-state index contributed by atoms with van der Waals surface area (Å²) >= 11 is 0. The fourth-order valence-electron chi connectivity index (χ4n) is 7.03. The van der Waals surface area contributed by atoms with Gasteiger partial charge in [-0.2, -0.15) is 4.31 Å². The van der Waals surface area contributed by atoms with E-state index in [0.717, 1.165) is 12.0 Å². The van der Waals surface area contributed by atoms with Crippen molar-refractivity contribution in [3.8, 4) is 0 Å². The quantitative estimate of drug-likeness (QED) is 0.161. The largest absolute Gasteiger partial charge is 0.450 e. The third-order valence-corrected chi connectivity index (χ3v) is 11.4. The van der Waals surface area contributed by atoms with Gasteiger partial charge >= 0.3 is 12.2 Å². The van der Waals surface area contributed by atoms with Crippen LogP contribution in [0.2, 0.25) is 0 Å². The number of nitrogens with zero attached hydrogens (tertiary/aromatic N) is 1. The second-order valence-corrected chi connectivity index (χ2v) is 15.7. The zero-order valence-electron chi connectivity index (χ0n) is 27.7. The van der Waals surface area contributed by atoms with Gasteiger partial charge in [-0.05, 0) is 60.9 Å². The van der Waals surface area contributed by atoms with Crippen molar-refractivity contribution < 1.29 is 42.1 Å². The second kappa shape index (κ2) is 15.4. The topological polar surface area (TPSA) is 179 Å². The minimum absolute atomic E-state index is 0.0290. The number of benzene rings is 2. The first kappa shape index (κ1) is 35.9. The van der Waals surface area contributed by atoms with E-state index in [9.17, 15) is 23.1 Å². The van der Waals surface area contributed by atoms with Crippen molar-refractivity contribution in [2.75, 3.05) is 45.7 Å². The van der Waals surface area contributed by atoms with Crippen molar-refractivity contribution >= 4 is 27.9 Å². The Balaban J connectivity index is 1.34. The first-order valence-corrected chi connectivity index (χ1v) is 17.9. The summed E-state index contributed by atoms with van der Waals surface area (Å²) in [5, 5.41) is 17.0. The van der Waals surface area contributed by atoms with Crippen LogP contribution in [0.4, 0.5) is 15.3 Å². The van der Waals surface area contributed by atoms with Crippen LogP contribution in [0.15, 0.2) is 59.5 Å². The number of carbonyl (C=O) groups excluding carboxylic acids is 2. The van der Waals surface area contributed by atoms with Gasteiger partial charge in [0.25, 0.3) is 0 Å². The van der Waals surface area contributed by atoms with Gasteiger partial charge in [0, 0.05) is 43.6 Å². The van der Waals surface area contributed by atoms with Crippen LogP contribution in [-0.2, 0) is 35.4 Å². The molecule has 7 unspecified atom stereocenters. The standard InChI is InChI=1S/C34H48N4O9S/c1-34(2,14-7-15-44-32(40)36-3)21-38(48(42,43)25-12-10-24(35)11-13-25)18-29(39)28(16-22-8-5-4-6-9-22)37-33(41)47-30-23-17-26-27(30)20-46-31(26)45-19-23/h4-6,8-13,23,26-31,39H,7,14-21,35H2,1-3H3,(H,36,40)(H,37,41). The number of hydrogen-bond donors (Lipinski definition) is 4. The van der Waals surface area contributed by atoms with Crippen molar-refractivity contribution in [3.63, 3.8) is 0 Å². The average Bonchev–Trinajstić information content (AvgIpc) is 3.59. The predicted molar refractivity (Wildman–Crippen MR) is 177 cm³/mol. The van der Waals surface area contributed by atoms with E-state index in [1.165, 1.54) is 35.6 Å². The molecule has 2 aromatic rings. The molecule has 5 rings (SSSR count). The maximum absolute atomic E-state index is 14.1. The Morgan fingerprint density at radius 2 is 1.77 bits per heavy atom. The smallest absolute Gasteiger partial charge is 0.407 e. The van der Waals surface area contributed by atoms with Crippen molar-refractivity contribution in [2.45, 2.75) is 69.0 Å². The fraction of sp³-hybridized carbons (Fsp3) is 0.588. The molecule has 2 aromatic carbocycles.